The minimum absolute atomic E-state index is 0.212. The first-order valence-corrected chi connectivity index (χ1v) is 8.80. The lowest BCUT2D eigenvalue weighted by atomic mass is 10.3. The minimum Gasteiger partial charge on any atom is -0.398 e. The lowest BCUT2D eigenvalue weighted by Gasteiger charge is -2.22. The fourth-order valence-corrected chi connectivity index (χ4v) is 3.63. The smallest absolute Gasteiger partial charge is 0.243 e. The molecule has 0 aliphatic carbocycles. The van der Waals surface area contributed by atoms with Gasteiger partial charge in [0.25, 0.3) is 0 Å². The molecular weight excluding hydrogens is 296 g/mol. The molecule has 1 rings (SSSR count). The average molecular weight is 319 g/mol. The van der Waals surface area contributed by atoms with Crippen LogP contribution in [-0.2, 0) is 10.0 Å². The summed E-state index contributed by atoms with van der Waals surface area (Å²) >= 11 is 5.93. The van der Waals surface area contributed by atoms with Gasteiger partial charge in [0.2, 0.25) is 10.0 Å². The molecule has 0 bridgehead atoms. The molecule has 0 atom stereocenters. The van der Waals surface area contributed by atoms with Gasteiger partial charge in [0.15, 0.2) is 0 Å². The molecule has 0 saturated heterocycles. The van der Waals surface area contributed by atoms with Gasteiger partial charge < -0.3 is 5.73 Å². The van der Waals surface area contributed by atoms with Crippen LogP contribution in [0.3, 0.4) is 0 Å². The number of nitrogens with zero attached hydrogens (tertiary/aromatic N) is 1. The Labute approximate surface area is 127 Å². The van der Waals surface area contributed by atoms with Crippen molar-refractivity contribution >= 4 is 27.3 Å². The van der Waals surface area contributed by atoms with Crippen molar-refractivity contribution in [2.45, 2.75) is 44.4 Å². The van der Waals surface area contributed by atoms with E-state index in [9.17, 15) is 8.42 Å². The number of benzene rings is 1. The molecule has 0 unspecified atom stereocenters. The van der Waals surface area contributed by atoms with Crippen molar-refractivity contribution in [3.63, 3.8) is 0 Å². The summed E-state index contributed by atoms with van der Waals surface area (Å²) < 4.78 is 26.8. The van der Waals surface area contributed by atoms with Crippen molar-refractivity contribution in [2.75, 3.05) is 18.8 Å². The van der Waals surface area contributed by atoms with Crippen LogP contribution in [0.2, 0.25) is 5.02 Å². The van der Waals surface area contributed by atoms with E-state index in [-0.39, 0.29) is 9.92 Å². The minimum atomic E-state index is -3.49. The Morgan fingerprint density at radius 1 is 1.15 bits per heavy atom. The predicted molar refractivity (Wildman–Crippen MR) is 84.4 cm³/mol. The van der Waals surface area contributed by atoms with Gasteiger partial charge in [0.05, 0.1) is 15.6 Å². The third kappa shape index (κ3) is 4.36. The SMILES string of the molecule is CCCCN(CCCC)S(=O)(=O)c1ccc(N)c(Cl)c1. The second-order valence-electron chi connectivity index (χ2n) is 4.79. The molecule has 20 heavy (non-hydrogen) atoms. The van der Waals surface area contributed by atoms with E-state index < -0.39 is 10.0 Å². The van der Waals surface area contributed by atoms with Crippen LogP contribution < -0.4 is 5.73 Å². The fraction of sp³-hybridized carbons (Fsp3) is 0.571. The number of unbranched alkanes of at least 4 members (excludes halogenated alkanes) is 2. The topological polar surface area (TPSA) is 63.4 Å². The van der Waals surface area contributed by atoms with Crippen molar-refractivity contribution in [3.8, 4) is 0 Å². The average Bonchev–Trinajstić information content (AvgIpc) is 2.41. The summed E-state index contributed by atoms with van der Waals surface area (Å²) in [7, 11) is -3.49. The molecule has 0 aliphatic heterocycles. The van der Waals surface area contributed by atoms with Gasteiger partial charge in [-0.1, -0.05) is 38.3 Å². The Bertz CT molecular complexity index is 524. The van der Waals surface area contributed by atoms with Gasteiger partial charge in [-0.2, -0.15) is 4.31 Å². The molecule has 1 aromatic rings. The van der Waals surface area contributed by atoms with E-state index in [4.69, 9.17) is 17.3 Å². The summed E-state index contributed by atoms with van der Waals surface area (Å²) in [6.07, 6.45) is 3.62. The van der Waals surface area contributed by atoms with Crippen LogP contribution >= 0.6 is 11.6 Å². The summed E-state index contributed by atoms with van der Waals surface area (Å²) in [5.74, 6) is 0. The molecule has 1 aromatic carbocycles. The van der Waals surface area contributed by atoms with Gasteiger partial charge in [0, 0.05) is 13.1 Å². The van der Waals surface area contributed by atoms with E-state index >= 15 is 0 Å². The van der Waals surface area contributed by atoms with E-state index in [2.05, 4.69) is 0 Å². The lowest BCUT2D eigenvalue weighted by Crippen LogP contribution is -2.33. The summed E-state index contributed by atoms with van der Waals surface area (Å²) in [6.45, 7) is 5.18. The highest BCUT2D eigenvalue weighted by atomic mass is 35.5. The quantitative estimate of drug-likeness (QED) is 0.746. The summed E-state index contributed by atoms with van der Waals surface area (Å²) in [5.41, 5.74) is 6.02. The number of nitrogen functional groups attached to an aromatic ring is 1. The number of hydrogen-bond donors (Lipinski definition) is 1. The lowest BCUT2D eigenvalue weighted by molar-refractivity contribution is 0.395. The first-order valence-electron chi connectivity index (χ1n) is 6.98. The largest absolute Gasteiger partial charge is 0.398 e. The van der Waals surface area contributed by atoms with Crippen LogP contribution in [0.4, 0.5) is 5.69 Å². The second-order valence-corrected chi connectivity index (χ2v) is 7.14. The van der Waals surface area contributed by atoms with Gasteiger partial charge in [-0.25, -0.2) is 8.42 Å². The number of rotatable bonds is 8. The van der Waals surface area contributed by atoms with Crippen LogP contribution in [0, 0.1) is 0 Å². The number of hydrogen-bond acceptors (Lipinski definition) is 3. The third-order valence-corrected chi connectivity index (χ3v) is 5.35. The van der Waals surface area contributed by atoms with E-state index in [0.717, 1.165) is 25.7 Å². The zero-order valence-electron chi connectivity index (χ0n) is 12.1. The molecule has 0 radical (unpaired) electrons. The van der Waals surface area contributed by atoms with Gasteiger partial charge >= 0.3 is 0 Å². The molecule has 0 heterocycles. The molecule has 6 heteroatoms. The van der Waals surface area contributed by atoms with Crippen molar-refractivity contribution in [1.29, 1.82) is 0 Å². The summed E-state index contributed by atoms with van der Waals surface area (Å²) in [5, 5.41) is 0.275. The van der Waals surface area contributed by atoms with Crippen molar-refractivity contribution < 1.29 is 8.42 Å². The Hall–Kier alpha value is -0.780. The Kier molecular flexibility index (Phi) is 6.79. The normalized spacial score (nSPS) is 12.0. The molecule has 0 amide bonds. The van der Waals surface area contributed by atoms with Gasteiger partial charge in [-0.15, -0.1) is 0 Å². The van der Waals surface area contributed by atoms with Crippen molar-refractivity contribution in [1.82, 2.24) is 4.31 Å². The molecular formula is C14H23ClN2O2S. The highest BCUT2D eigenvalue weighted by molar-refractivity contribution is 7.89. The van der Waals surface area contributed by atoms with E-state index in [1.165, 1.54) is 18.2 Å². The molecule has 4 nitrogen and oxygen atoms in total. The highest BCUT2D eigenvalue weighted by Crippen LogP contribution is 2.25. The maximum absolute atomic E-state index is 12.6. The third-order valence-electron chi connectivity index (χ3n) is 3.13. The zero-order valence-corrected chi connectivity index (χ0v) is 13.7. The number of sulfonamides is 1. The van der Waals surface area contributed by atoms with Crippen LogP contribution in [-0.4, -0.2) is 25.8 Å². The second kappa shape index (κ2) is 7.86. The molecule has 0 spiro atoms. The van der Waals surface area contributed by atoms with E-state index in [0.29, 0.717) is 18.8 Å². The van der Waals surface area contributed by atoms with Gasteiger partial charge in [-0.05, 0) is 31.0 Å². The van der Waals surface area contributed by atoms with Crippen molar-refractivity contribution in [2.24, 2.45) is 0 Å². The summed E-state index contributed by atoms with van der Waals surface area (Å²) in [4.78, 5) is 0.212. The van der Waals surface area contributed by atoms with Gasteiger partial charge in [-0.3, -0.25) is 0 Å². The molecule has 2 N–H and O–H groups in total. The van der Waals surface area contributed by atoms with Gasteiger partial charge in [0.1, 0.15) is 0 Å². The molecule has 0 saturated carbocycles. The first kappa shape index (κ1) is 17.3. The van der Waals surface area contributed by atoms with Crippen LogP contribution in [0.15, 0.2) is 23.1 Å². The maximum atomic E-state index is 12.6. The summed E-state index contributed by atoms with van der Waals surface area (Å²) in [6, 6.07) is 4.48. The zero-order chi connectivity index (χ0) is 15.2. The number of nitrogens with two attached hydrogens (primary N) is 1. The molecule has 114 valence electrons. The number of halogens is 1. The monoisotopic (exact) mass is 318 g/mol. The molecule has 0 fully saturated rings. The number of anilines is 1. The molecule has 0 aliphatic rings. The van der Waals surface area contributed by atoms with Crippen molar-refractivity contribution in [3.05, 3.63) is 23.2 Å². The Balaban J connectivity index is 3.03. The van der Waals surface area contributed by atoms with E-state index in [1.807, 2.05) is 13.8 Å². The van der Waals surface area contributed by atoms with Crippen LogP contribution in [0.5, 0.6) is 0 Å². The Morgan fingerprint density at radius 2 is 1.70 bits per heavy atom. The fourth-order valence-electron chi connectivity index (χ4n) is 1.84. The van der Waals surface area contributed by atoms with E-state index in [1.54, 1.807) is 4.31 Å². The predicted octanol–water partition coefficient (Wildman–Crippen LogP) is 3.51. The Morgan fingerprint density at radius 3 is 2.15 bits per heavy atom. The maximum Gasteiger partial charge on any atom is 0.243 e. The van der Waals surface area contributed by atoms with Crippen LogP contribution in [0.25, 0.3) is 0 Å². The van der Waals surface area contributed by atoms with Crippen LogP contribution in [0.1, 0.15) is 39.5 Å². The molecule has 0 aromatic heterocycles. The highest BCUT2D eigenvalue weighted by Gasteiger charge is 2.23. The first-order chi connectivity index (χ1) is 9.43. The standard InChI is InChI=1S/C14H23ClN2O2S/c1-3-5-9-17(10-6-4-2)20(18,19)12-7-8-14(16)13(15)11-12/h7-8,11H,3-6,9-10,16H2,1-2H3.